The minimum Gasteiger partial charge on any atom is -0.494 e. The Labute approximate surface area is 139 Å². The number of hydrogen-bond donors (Lipinski definition) is 1. The van der Waals surface area contributed by atoms with Crippen molar-refractivity contribution in [3.63, 3.8) is 0 Å². The molecule has 0 aliphatic carbocycles. The molecule has 1 aromatic carbocycles. The number of halogens is 1. The maximum Gasteiger partial charge on any atom is 0.267 e. The Morgan fingerprint density at radius 3 is 2.67 bits per heavy atom. The normalized spacial score (nSPS) is 14.5. The summed E-state index contributed by atoms with van der Waals surface area (Å²) in [5, 5.41) is 0. The summed E-state index contributed by atoms with van der Waals surface area (Å²) >= 11 is 0. The largest absolute Gasteiger partial charge is 0.494 e. The van der Waals surface area contributed by atoms with Gasteiger partial charge in [0.15, 0.2) is 11.6 Å². The number of ether oxygens (including phenoxy) is 1. The predicted molar refractivity (Wildman–Crippen MR) is 88.6 cm³/mol. The molecule has 0 spiro atoms. The lowest BCUT2D eigenvalue weighted by Gasteiger charge is -2.27. The van der Waals surface area contributed by atoms with Gasteiger partial charge in [-0.15, -0.1) is 0 Å². The average molecular weight is 330 g/mol. The van der Waals surface area contributed by atoms with E-state index in [9.17, 15) is 9.18 Å². The van der Waals surface area contributed by atoms with Crippen LogP contribution >= 0.6 is 0 Å². The summed E-state index contributed by atoms with van der Waals surface area (Å²) in [5.41, 5.74) is 6.02. The molecule has 6 nitrogen and oxygen atoms in total. The maximum atomic E-state index is 14.6. The summed E-state index contributed by atoms with van der Waals surface area (Å²) in [7, 11) is 1.40. The molecule has 0 unspecified atom stereocenters. The van der Waals surface area contributed by atoms with E-state index in [2.05, 4.69) is 9.97 Å². The van der Waals surface area contributed by atoms with E-state index in [1.165, 1.54) is 19.2 Å². The summed E-state index contributed by atoms with van der Waals surface area (Å²) in [6, 6.07) is 6.20. The first kappa shape index (κ1) is 16.2. The highest BCUT2D eigenvalue weighted by molar-refractivity contribution is 5.92. The van der Waals surface area contributed by atoms with Gasteiger partial charge in [0, 0.05) is 18.7 Å². The van der Waals surface area contributed by atoms with Crippen molar-refractivity contribution in [2.24, 2.45) is 5.73 Å². The fraction of sp³-hybridized carbons (Fsp3) is 0.353. The number of nitrogens with zero attached hydrogens (tertiary/aromatic N) is 3. The summed E-state index contributed by atoms with van der Waals surface area (Å²) in [6.45, 7) is 1.62. The van der Waals surface area contributed by atoms with E-state index < -0.39 is 11.7 Å². The molecule has 1 aliphatic rings. The Bertz CT molecular complexity index is 760. The van der Waals surface area contributed by atoms with E-state index in [1.54, 1.807) is 12.1 Å². The zero-order valence-electron chi connectivity index (χ0n) is 13.5. The Morgan fingerprint density at radius 1 is 1.25 bits per heavy atom. The van der Waals surface area contributed by atoms with Gasteiger partial charge in [-0.05, 0) is 37.5 Å². The zero-order chi connectivity index (χ0) is 17.1. The number of anilines is 1. The third-order valence-corrected chi connectivity index (χ3v) is 4.06. The lowest BCUT2D eigenvalue weighted by atomic mass is 10.1. The fourth-order valence-corrected chi connectivity index (χ4v) is 2.80. The number of primary amides is 1. The molecule has 2 aromatic rings. The number of carbonyl (C=O) groups is 1. The topological polar surface area (TPSA) is 81.3 Å². The lowest BCUT2D eigenvalue weighted by Crippen LogP contribution is -2.31. The number of nitrogens with two attached hydrogens (primary N) is 1. The Hall–Kier alpha value is -2.70. The SMILES string of the molecule is COc1cccc(-c2cc(C(N)=O)nc(N3CCCCC3)n2)c1F. The van der Waals surface area contributed by atoms with Crippen molar-refractivity contribution in [3.05, 3.63) is 35.8 Å². The molecule has 1 amide bonds. The van der Waals surface area contributed by atoms with Crippen molar-refractivity contribution in [1.29, 1.82) is 0 Å². The standard InChI is InChI=1S/C17H19FN4O2/c1-24-14-7-5-6-11(15(14)18)12-10-13(16(19)23)21-17(20-12)22-8-3-2-4-9-22/h5-7,10H,2-4,8-9H2,1H3,(H2,19,23). The molecular formula is C17H19FN4O2. The summed E-state index contributed by atoms with van der Waals surface area (Å²) in [4.78, 5) is 22.3. The molecule has 1 aliphatic heterocycles. The van der Waals surface area contributed by atoms with Gasteiger partial charge in [0.25, 0.3) is 5.91 Å². The van der Waals surface area contributed by atoms with Gasteiger partial charge in [-0.3, -0.25) is 4.79 Å². The third kappa shape index (κ3) is 3.15. The predicted octanol–water partition coefficient (Wildman–Crippen LogP) is 2.38. The van der Waals surface area contributed by atoms with Crippen LogP contribution in [0.25, 0.3) is 11.3 Å². The molecule has 0 atom stereocenters. The van der Waals surface area contributed by atoms with Crippen LogP contribution in [0.2, 0.25) is 0 Å². The van der Waals surface area contributed by atoms with Crippen LogP contribution in [0.4, 0.5) is 10.3 Å². The van der Waals surface area contributed by atoms with Crippen LogP contribution in [0.5, 0.6) is 5.75 Å². The van der Waals surface area contributed by atoms with E-state index in [0.29, 0.717) is 11.6 Å². The van der Waals surface area contributed by atoms with Crippen molar-refractivity contribution in [2.45, 2.75) is 19.3 Å². The van der Waals surface area contributed by atoms with Crippen LogP contribution in [-0.4, -0.2) is 36.1 Å². The van der Waals surface area contributed by atoms with Crippen molar-refractivity contribution in [3.8, 4) is 17.0 Å². The second-order valence-electron chi connectivity index (χ2n) is 5.67. The van der Waals surface area contributed by atoms with E-state index in [4.69, 9.17) is 10.5 Å². The minimum absolute atomic E-state index is 0.0720. The molecule has 0 saturated carbocycles. The van der Waals surface area contributed by atoms with Crippen LogP contribution in [0.3, 0.4) is 0 Å². The minimum atomic E-state index is -0.666. The first-order chi connectivity index (χ1) is 11.6. The van der Waals surface area contributed by atoms with Crippen molar-refractivity contribution < 1.29 is 13.9 Å². The van der Waals surface area contributed by atoms with Gasteiger partial charge in [-0.1, -0.05) is 6.07 Å². The van der Waals surface area contributed by atoms with Crippen LogP contribution in [0.1, 0.15) is 29.8 Å². The molecule has 2 N–H and O–H groups in total. The highest BCUT2D eigenvalue weighted by Gasteiger charge is 2.19. The Kier molecular flexibility index (Phi) is 4.59. The van der Waals surface area contributed by atoms with Crippen LogP contribution < -0.4 is 15.4 Å². The molecule has 126 valence electrons. The molecule has 1 fully saturated rings. The molecule has 3 rings (SSSR count). The highest BCUT2D eigenvalue weighted by atomic mass is 19.1. The summed E-state index contributed by atoms with van der Waals surface area (Å²) in [6.07, 6.45) is 3.23. The highest BCUT2D eigenvalue weighted by Crippen LogP contribution is 2.29. The van der Waals surface area contributed by atoms with E-state index in [1.807, 2.05) is 4.90 Å². The number of aromatic nitrogens is 2. The lowest BCUT2D eigenvalue weighted by molar-refractivity contribution is 0.0995. The summed E-state index contributed by atoms with van der Waals surface area (Å²) in [5.74, 6) is -0.673. The van der Waals surface area contributed by atoms with E-state index >= 15 is 0 Å². The molecule has 24 heavy (non-hydrogen) atoms. The third-order valence-electron chi connectivity index (χ3n) is 4.06. The first-order valence-corrected chi connectivity index (χ1v) is 7.87. The number of benzene rings is 1. The van der Waals surface area contributed by atoms with Crippen molar-refractivity contribution in [2.75, 3.05) is 25.1 Å². The quantitative estimate of drug-likeness (QED) is 0.931. The summed E-state index contributed by atoms with van der Waals surface area (Å²) < 4.78 is 19.6. The molecular weight excluding hydrogens is 311 g/mol. The molecule has 2 heterocycles. The maximum absolute atomic E-state index is 14.6. The molecule has 1 aromatic heterocycles. The van der Waals surface area contributed by atoms with Gasteiger partial charge in [0.2, 0.25) is 5.95 Å². The van der Waals surface area contributed by atoms with Gasteiger partial charge < -0.3 is 15.4 Å². The van der Waals surface area contributed by atoms with Gasteiger partial charge in [-0.25, -0.2) is 14.4 Å². The van der Waals surface area contributed by atoms with Crippen LogP contribution in [0.15, 0.2) is 24.3 Å². The van der Waals surface area contributed by atoms with E-state index in [0.717, 1.165) is 32.4 Å². The van der Waals surface area contributed by atoms with Gasteiger partial charge in [0.1, 0.15) is 5.69 Å². The van der Waals surface area contributed by atoms with Crippen LogP contribution in [-0.2, 0) is 0 Å². The van der Waals surface area contributed by atoms with Crippen molar-refractivity contribution in [1.82, 2.24) is 9.97 Å². The zero-order valence-corrected chi connectivity index (χ0v) is 13.5. The molecule has 0 bridgehead atoms. The second-order valence-corrected chi connectivity index (χ2v) is 5.67. The molecule has 7 heteroatoms. The Balaban J connectivity index is 2.10. The number of methoxy groups -OCH3 is 1. The Morgan fingerprint density at radius 2 is 2.00 bits per heavy atom. The fourth-order valence-electron chi connectivity index (χ4n) is 2.80. The van der Waals surface area contributed by atoms with E-state index in [-0.39, 0.29) is 17.0 Å². The number of hydrogen-bond acceptors (Lipinski definition) is 5. The number of piperidine rings is 1. The number of rotatable bonds is 4. The average Bonchev–Trinajstić information content (AvgIpc) is 2.62. The molecule has 0 radical (unpaired) electrons. The first-order valence-electron chi connectivity index (χ1n) is 7.87. The van der Waals surface area contributed by atoms with Crippen molar-refractivity contribution >= 4 is 11.9 Å². The van der Waals surface area contributed by atoms with Crippen LogP contribution in [0, 0.1) is 5.82 Å². The second kappa shape index (κ2) is 6.82. The van der Waals surface area contributed by atoms with Gasteiger partial charge in [-0.2, -0.15) is 0 Å². The number of amides is 1. The monoisotopic (exact) mass is 330 g/mol. The van der Waals surface area contributed by atoms with Gasteiger partial charge >= 0.3 is 0 Å². The number of carbonyl (C=O) groups excluding carboxylic acids is 1. The molecule has 1 saturated heterocycles. The van der Waals surface area contributed by atoms with Gasteiger partial charge in [0.05, 0.1) is 12.8 Å². The smallest absolute Gasteiger partial charge is 0.267 e.